The van der Waals surface area contributed by atoms with E-state index in [1.807, 2.05) is 0 Å². The minimum atomic E-state index is -0.160. The van der Waals surface area contributed by atoms with Crippen molar-refractivity contribution in [3.8, 4) is 0 Å². The Morgan fingerprint density at radius 2 is 1.58 bits per heavy atom. The topological polar surface area (TPSA) is 43.7 Å². The first-order valence-corrected chi connectivity index (χ1v) is 13.8. The fourth-order valence-corrected chi connectivity index (χ4v) is 11.0. The van der Waals surface area contributed by atoms with Crippen molar-refractivity contribution < 1.29 is 10.2 Å². The van der Waals surface area contributed by atoms with Crippen LogP contribution >= 0.6 is 0 Å². The van der Waals surface area contributed by atoms with Gasteiger partial charge in [-0.3, -0.25) is 4.90 Å². The number of hydrogen-bond donors (Lipinski definition) is 2. The summed E-state index contributed by atoms with van der Waals surface area (Å²) in [6.45, 7) is 12.7. The van der Waals surface area contributed by atoms with E-state index in [1.165, 1.54) is 45.2 Å². The fourth-order valence-electron chi connectivity index (χ4n) is 11.0. The average Bonchev–Trinajstić information content (AvgIpc) is 3.11. The summed E-state index contributed by atoms with van der Waals surface area (Å²) in [6.07, 6.45) is 10.6. The lowest BCUT2D eigenvalue weighted by Gasteiger charge is -2.61. The Balaban J connectivity index is 1.31. The molecule has 0 aromatic heterocycles. The van der Waals surface area contributed by atoms with Gasteiger partial charge in [0.15, 0.2) is 0 Å². The standard InChI is InChI=1S/C28H47NO2/c1-16-5-8-24-17(2)19-6-7-20-21(22(19)15-29(24)14-16)11-23-26(20)25(31)13-27(3)12-18(30)9-10-28(23,27)4/h16-26,30-31H,5-15H2,1-4H3/t16-,17+,18-,19+,20+,21+,22+,23-,24-,25+,26-,27+,28+/m0/s1. The molecule has 4 aliphatic carbocycles. The minimum absolute atomic E-state index is 0.103. The predicted molar refractivity (Wildman–Crippen MR) is 124 cm³/mol. The Morgan fingerprint density at radius 3 is 2.39 bits per heavy atom. The Labute approximate surface area is 190 Å². The second-order valence-corrected chi connectivity index (χ2v) is 13.9. The number of fused-ring (bicyclic) bond motifs is 8. The second-order valence-electron chi connectivity index (χ2n) is 13.9. The lowest BCUT2D eigenvalue weighted by atomic mass is 9.44. The first-order valence-electron chi connectivity index (χ1n) is 13.8. The Morgan fingerprint density at radius 1 is 0.806 bits per heavy atom. The molecular formula is C28H47NO2. The van der Waals surface area contributed by atoms with Crippen LogP contribution in [0.3, 0.4) is 0 Å². The third kappa shape index (κ3) is 2.94. The van der Waals surface area contributed by atoms with Gasteiger partial charge in [0.25, 0.3) is 0 Å². The van der Waals surface area contributed by atoms with Crippen molar-refractivity contribution in [2.75, 3.05) is 13.1 Å². The predicted octanol–water partition coefficient (Wildman–Crippen LogP) is 4.95. The van der Waals surface area contributed by atoms with Gasteiger partial charge >= 0.3 is 0 Å². The van der Waals surface area contributed by atoms with Crippen LogP contribution in [0.1, 0.15) is 85.5 Å². The number of hydrogen-bond acceptors (Lipinski definition) is 3. The average molecular weight is 430 g/mol. The van der Waals surface area contributed by atoms with E-state index in [4.69, 9.17) is 0 Å². The van der Waals surface area contributed by atoms with Crippen molar-refractivity contribution in [3.63, 3.8) is 0 Å². The highest BCUT2D eigenvalue weighted by Crippen LogP contribution is 2.70. The summed E-state index contributed by atoms with van der Waals surface area (Å²) in [5.41, 5.74) is 0.400. The van der Waals surface area contributed by atoms with Crippen molar-refractivity contribution in [1.29, 1.82) is 0 Å². The summed E-state index contributed by atoms with van der Waals surface area (Å²) in [7, 11) is 0. The zero-order valence-electron chi connectivity index (χ0n) is 20.5. The highest BCUT2D eigenvalue weighted by molar-refractivity contribution is 5.15. The van der Waals surface area contributed by atoms with Crippen LogP contribution in [0.5, 0.6) is 0 Å². The molecule has 0 radical (unpaired) electrons. The molecule has 6 fully saturated rings. The van der Waals surface area contributed by atoms with Crippen molar-refractivity contribution in [3.05, 3.63) is 0 Å². The molecule has 4 saturated carbocycles. The molecule has 0 aromatic carbocycles. The number of aliphatic hydroxyl groups is 2. The third-order valence-electron chi connectivity index (χ3n) is 12.7. The summed E-state index contributed by atoms with van der Waals surface area (Å²) >= 11 is 0. The van der Waals surface area contributed by atoms with Crippen LogP contribution in [0, 0.1) is 58.2 Å². The molecule has 2 N–H and O–H groups in total. The van der Waals surface area contributed by atoms with Crippen LogP contribution in [0.2, 0.25) is 0 Å². The summed E-state index contributed by atoms with van der Waals surface area (Å²) in [5.74, 6) is 6.25. The Hall–Kier alpha value is -0.120. The highest BCUT2D eigenvalue weighted by atomic mass is 16.3. The lowest BCUT2D eigenvalue weighted by molar-refractivity contribution is -0.169. The van der Waals surface area contributed by atoms with Crippen LogP contribution in [-0.2, 0) is 0 Å². The maximum Gasteiger partial charge on any atom is 0.0579 e. The van der Waals surface area contributed by atoms with Crippen molar-refractivity contribution in [2.24, 2.45) is 58.2 Å². The van der Waals surface area contributed by atoms with Crippen LogP contribution in [0.25, 0.3) is 0 Å². The zero-order valence-corrected chi connectivity index (χ0v) is 20.5. The summed E-state index contributed by atoms with van der Waals surface area (Å²) in [4.78, 5) is 2.91. The molecule has 6 rings (SSSR count). The molecule has 2 heterocycles. The molecule has 0 aromatic rings. The van der Waals surface area contributed by atoms with Gasteiger partial charge in [0.1, 0.15) is 0 Å². The molecule has 2 saturated heterocycles. The quantitative estimate of drug-likeness (QED) is 0.572. The fraction of sp³-hybridized carbons (Fsp3) is 1.00. The van der Waals surface area contributed by atoms with Crippen LogP contribution in [-0.4, -0.2) is 46.5 Å². The largest absolute Gasteiger partial charge is 0.393 e. The summed E-state index contributed by atoms with van der Waals surface area (Å²) in [6, 6.07) is 0.837. The molecule has 176 valence electrons. The van der Waals surface area contributed by atoms with Crippen molar-refractivity contribution in [2.45, 2.75) is 104 Å². The van der Waals surface area contributed by atoms with Gasteiger partial charge in [-0.25, -0.2) is 0 Å². The van der Waals surface area contributed by atoms with Gasteiger partial charge in [0.05, 0.1) is 12.2 Å². The van der Waals surface area contributed by atoms with E-state index in [1.54, 1.807) is 0 Å². The molecule has 31 heavy (non-hydrogen) atoms. The van der Waals surface area contributed by atoms with E-state index in [9.17, 15) is 10.2 Å². The van der Waals surface area contributed by atoms with E-state index in [0.29, 0.717) is 17.3 Å². The number of nitrogens with zero attached hydrogens (tertiary/aromatic N) is 1. The van der Waals surface area contributed by atoms with E-state index >= 15 is 0 Å². The van der Waals surface area contributed by atoms with E-state index in [-0.39, 0.29) is 17.6 Å². The van der Waals surface area contributed by atoms with Gasteiger partial charge in [0, 0.05) is 19.1 Å². The van der Waals surface area contributed by atoms with Crippen LogP contribution < -0.4 is 0 Å². The van der Waals surface area contributed by atoms with Gasteiger partial charge in [-0.2, -0.15) is 0 Å². The SMILES string of the molecule is C[C@H]1CC[C@H]2[C@H](C)[C@H]3CC[C@@H]4[C@@H](C[C@H]5[C@H]4[C@H](O)C[C@@]4(C)C[C@@H](O)CC[C@]54C)[C@@H]3CN2C1. The second kappa shape index (κ2) is 7.19. The van der Waals surface area contributed by atoms with Crippen LogP contribution in [0.15, 0.2) is 0 Å². The Kier molecular flexibility index (Phi) is 4.97. The maximum absolute atomic E-state index is 11.5. The Bertz CT molecular complexity index is 709. The molecule has 2 aliphatic heterocycles. The number of rotatable bonds is 0. The first kappa shape index (κ1) is 21.4. The zero-order chi connectivity index (χ0) is 21.7. The lowest BCUT2D eigenvalue weighted by Crippen LogP contribution is -2.59. The van der Waals surface area contributed by atoms with Gasteiger partial charge < -0.3 is 10.2 Å². The summed E-state index contributed by atoms with van der Waals surface area (Å²) < 4.78 is 0. The van der Waals surface area contributed by atoms with Gasteiger partial charge in [-0.15, -0.1) is 0 Å². The minimum Gasteiger partial charge on any atom is -0.393 e. The van der Waals surface area contributed by atoms with Crippen LogP contribution in [0.4, 0.5) is 0 Å². The number of aliphatic hydroxyl groups excluding tert-OH is 2. The smallest absolute Gasteiger partial charge is 0.0579 e. The highest BCUT2D eigenvalue weighted by Gasteiger charge is 2.66. The van der Waals surface area contributed by atoms with Gasteiger partial charge in [-0.1, -0.05) is 27.7 Å². The molecular weight excluding hydrogens is 382 g/mol. The molecule has 6 aliphatic rings. The number of piperidine rings is 2. The van der Waals surface area contributed by atoms with E-state index in [0.717, 1.165) is 67.2 Å². The summed E-state index contributed by atoms with van der Waals surface area (Å²) in [5, 5.41) is 22.0. The first-order chi connectivity index (χ1) is 14.7. The third-order valence-corrected chi connectivity index (χ3v) is 12.7. The molecule has 0 unspecified atom stereocenters. The van der Waals surface area contributed by atoms with Gasteiger partial charge in [-0.05, 0) is 116 Å². The van der Waals surface area contributed by atoms with Crippen molar-refractivity contribution in [1.82, 2.24) is 4.90 Å². The monoisotopic (exact) mass is 429 g/mol. The normalized spacial score (nSPS) is 61.5. The van der Waals surface area contributed by atoms with Crippen molar-refractivity contribution >= 4 is 0 Å². The van der Waals surface area contributed by atoms with E-state index in [2.05, 4.69) is 32.6 Å². The molecule has 0 amide bonds. The van der Waals surface area contributed by atoms with E-state index < -0.39 is 0 Å². The molecule has 3 nitrogen and oxygen atoms in total. The van der Waals surface area contributed by atoms with Gasteiger partial charge in [0.2, 0.25) is 0 Å². The molecule has 0 spiro atoms. The molecule has 3 heteroatoms. The maximum atomic E-state index is 11.5. The molecule has 13 atom stereocenters. The molecule has 0 bridgehead atoms.